The largest absolute Gasteiger partial charge is 0.353 e. The molecule has 3 nitrogen and oxygen atoms in total. The Kier molecular flexibility index (Phi) is 3.18. The Morgan fingerprint density at radius 2 is 2.11 bits per heavy atom. The van der Waals surface area contributed by atoms with Crippen molar-refractivity contribution in [1.29, 1.82) is 0 Å². The number of carbonyl (C=O) groups excluding carboxylic acids is 1. The zero-order valence-corrected chi connectivity index (χ0v) is 11.1. The van der Waals surface area contributed by atoms with E-state index in [9.17, 15) is 4.79 Å². The average molecular weight is 248 g/mol. The Morgan fingerprint density at radius 3 is 2.67 bits per heavy atom. The maximum atomic E-state index is 12.1. The van der Waals surface area contributed by atoms with Crippen molar-refractivity contribution < 1.29 is 4.79 Å². The van der Waals surface area contributed by atoms with Gasteiger partial charge in [-0.2, -0.15) is 0 Å². The summed E-state index contributed by atoms with van der Waals surface area (Å²) in [5, 5.41) is 3.22. The zero-order chi connectivity index (χ0) is 12.7. The summed E-state index contributed by atoms with van der Waals surface area (Å²) in [7, 11) is 0. The fraction of sp³-hybridized carbons (Fsp3) is 0.800. The monoisotopic (exact) mass is 248 g/mol. The number of hydrogen-bond acceptors (Lipinski definition) is 2. The third kappa shape index (κ3) is 2.20. The summed E-state index contributed by atoms with van der Waals surface area (Å²) in [5.74, 6) is 2.70. The molecule has 0 aromatic heterocycles. The maximum absolute atomic E-state index is 12.1. The van der Waals surface area contributed by atoms with Gasteiger partial charge in [0.2, 0.25) is 5.91 Å². The minimum absolute atomic E-state index is 0.000963. The van der Waals surface area contributed by atoms with Crippen molar-refractivity contribution in [3.8, 4) is 0 Å². The Hall–Kier alpha value is -0.830. The van der Waals surface area contributed by atoms with E-state index in [1.807, 2.05) is 12.2 Å². The molecule has 2 bridgehead atoms. The van der Waals surface area contributed by atoms with Crippen molar-refractivity contribution in [2.45, 2.75) is 51.1 Å². The smallest absolute Gasteiger partial charge is 0.227 e. The van der Waals surface area contributed by atoms with Crippen LogP contribution in [0.25, 0.3) is 0 Å². The van der Waals surface area contributed by atoms with Gasteiger partial charge < -0.3 is 11.1 Å². The van der Waals surface area contributed by atoms with E-state index in [4.69, 9.17) is 5.73 Å². The van der Waals surface area contributed by atoms with Crippen LogP contribution in [0, 0.1) is 23.7 Å². The SMILES string of the molecule is CC(NC(=O)C1C=CC(N)C1)C1CC2CCC1C2. The zero-order valence-electron chi connectivity index (χ0n) is 11.1. The van der Waals surface area contributed by atoms with Gasteiger partial charge in [0.25, 0.3) is 0 Å². The van der Waals surface area contributed by atoms with Crippen LogP contribution in [0.2, 0.25) is 0 Å². The van der Waals surface area contributed by atoms with E-state index in [-0.39, 0.29) is 17.9 Å². The lowest BCUT2D eigenvalue weighted by Crippen LogP contribution is -2.42. The predicted molar refractivity (Wildman–Crippen MR) is 71.8 cm³/mol. The number of hydrogen-bond donors (Lipinski definition) is 2. The summed E-state index contributed by atoms with van der Waals surface area (Å²) < 4.78 is 0. The maximum Gasteiger partial charge on any atom is 0.227 e. The highest BCUT2D eigenvalue weighted by atomic mass is 16.1. The number of carbonyl (C=O) groups is 1. The lowest BCUT2D eigenvalue weighted by Gasteiger charge is -2.29. The van der Waals surface area contributed by atoms with Gasteiger partial charge in [0.05, 0.1) is 5.92 Å². The van der Waals surface area contributed by atoms with E-state index in [0.717, 1.165) is 18.3 Å². The van der Waals surface area contributed by atoms with Gasteiger partial charge in [-0.15, -0.1) is 0 Å². The molecule has 18 heavy (non-hydrogen) atoms. The van der Waals surface area contributed by atoms with Crippen LogP contribution in [0.5, 0.6) is 0 Å². The number of amides is 1. The molecule has 0 aromatic carbocycles. The van der Waals surface area contributed by atoms with Crippen LogP contribution in [0.1, 0.15) is 39.0 Å². The molecule has 100 valence electrons. The highest BCUT2D eigenvalue weighted by Crippen LogP contribution is 2.49. The summed E-state index contributed by atoms with van der Waals surface area (Å²) in [6, 6.07) is 0.400. The van der Waals surface area contributed by atoms with E-state index < -0.39 is 0 Å². The van der Waals surface area contributed by atoms with Gasteiger partial charge in [0, 0.05) is 12.1 Å². The Morgan fingerprint density at radius 1 is 1.28 bits per heavy atom. The molecule has 0 radical (unpaired) electrons. The molecule has 3 aliphatic carbocycles. The lowest BCUT2D eigenvalue weighted by molar-refractivity contribution is -0.124. The normalized spacial score (nSPS) is 43.3. The first-order chi connectivity index (χ1) is 8.63. The second-order valence-electron chi connectivity index (χ2n) is 6.53. The standard InChI is InChI=1S/C15H24N2O/c1-9(14-7-10-2-3-11(14)6-10)17-15(18)12-4-5-13(16)8-12/h4-5,9-14H,2-3,6-8,16H2,1H3,(H,17,18). The molecule has 6 unspecified atom stereocenters. The molecule has 3 heteroatoms. The van der Waals surface area contributed by atoms with Gasteiger partial charge in [-0.25, -0.2) is 0 Å². The first-order valence-electron chi connectivity index (χ1n) is 7.37. The Balaban J connectivity index is 1.53. The summed E-state index contributed by atoms with van der Waals surface area (Å²) in [6.45, 7) is 2.18. The molecule has 2 saturated carbocycles. The minimum atomic E-state index is 0.000963. The van der Waals surface area contributed by atoms with Crippen molar-refractivity contribution >= 4 is 5.91 Å². The molecule has 2 fully saturated rings. The molecule has 0 aromatic rings. The summed E-state index contributed by atoms with van der Waals surface area (Å²) in [6.07, 6.45) is 10.2. The van der Waals surface area contributed by atoms with Crippen LogP contribution in [0.15, 0.2) is 12.2 Å². The summed E-state index contributed by atoms with van der Waals surface area (Å²) >= 11 is 0. The van der Waals surface area contributed by atoms with E-state index in [1.54, 1.807) is 0 Å². The Bertz CT molecular complexity index is 366. The van der Waals surface area contributed by atoms with Crippen LogP contribution in [0.3, 0.4) is 0 Å². The highest BCUT2D eigenvalue weighted by molar-refractivity contribution is 5.81. The van der Waals surface area contributed by atoms with E-state index in [2.05, 4.69) is 12.2 Å². The molecule has 6 atom stereocenters. The van der Waals surface area contributed by atoms with Crippen molar-refractivity contribution in [2.75, 3.05) is 0 Å². The molecular weight excluding hydrogens is 224 g/mol. The van der Waals surface area contributed by atoms with Gasteiger partial charge in [-0.05, 0) is 50.4 Å². The molecule has 3 rings (SSSR count). The third-order valence-electron chi connectivity index (χ3n) is 5.26. The number of fused-ring (bicyclic) bond motifs is 2. The van der Waals surface area contributed by atoms with Crippen LogP contribution in [0.4, 0.5) is 0 Å². The third-order valence-corrected chi connectivity index (χ3v) is 5.26. The molecule has 0 spiro atoms. The molecule has 0 aliphatic heterocycles. The fourth-order valence-corrected chi connectivity index (χ4v) is 4.27. The van der Waals surface area contributed by atoms with Crippen LogP contribution in [-0.4, -0.2) is 18.0 Å². The number of nitrogens with two attached hydrogens (primary N) is 1. The lowest BCUT2D eigenvalue weighted by atomic mass is 9.84. The molecule has 0 heterocycles. The highest BCUT2D eigenvalue weighted by Gasteiger charge is 2.42. The topological polar surface area (TPSA) is 55.1 Å². The second-order valence-corrected chi connectivity index (χ2v) is 6.53. The molecule has 1 amide bonds. The van der Waals surface area contributed by atoms with E-state index in [0.29, 0.717) is 12.0 Å². The predicted octanol–water partition coefficient (Wildman–Crippen LogP) is 1.83. The minimum Gasteiger partial charge on any atom is -0.353 e. The first kappa shape index (κ1) is 12.2. The quantitative estimate of drug-likeness (QED) is 0.749. The van der Waals surface area contributed by atoms with E-state index in [1.165, 1.54) is 25.7 Å². The van der Waals surface area contributed by atoms with Crippen molar-refractivity contribution in [2.24, 2.45) is 29.4 Å². The van der Waals surface area contributed by atoms with Crippen LogP contribution in [-0.2, 0) is 4.79 Å². The Labute approximate surface area is 109 Å². The van der Waals surface area contributed by atoms with Gasteiger partial charge >= 0.3 is 0 Å². The van der Waals surface area contributed by atoms with Gasteiger partial charge in [0.1, 0.15) is 0 Å². The first-order valence-corrected chi connectivity index (χ1v) is 7.37. The fourth-order valence-electron chi connectivity index (χ4n) is 4.27. The van der Waals surface area contributed by atoms with Crippen molar-refractivity contribution in [3.63, 3.8) is 0 Å². The molecule has 3 N–H and O–H groups in total. The summed E-state index contributed by atoms with van der Waals surface area (Å²) in [5.41, 5.74) is 5.80. The molecule has 3 aliphatic rings. The average Bonchev–Trinajstić information content (AvgIpc) is 3.03. The van der Waals surface area contributed by atoms with Crippen LogP contribution >= 0.6 is 0 Å². The second kappa shape index (κ2) is 4.69. The van der Waals surface area contributed by atoms with Gasteiger partial charge in [-0.3, -0.25) is 4.79 Å². The molecular formula is C15H24N2O. The molecule has 0 saturated heterocycles. The van der Waals surface area contributed by atoms with Crippen molar-refractivity contribution in [3.05, 3.63) is 12.2 Å². The van der Waals surface area contributed by atoms with Crippen molar-refractivity contribution in [1.82, 2.24) is 5.32 Å². The van der Waals surface area contributed by atoms with E-state index >= 15 is 0 Å². The number of nitrogens with one attached hydrogen (secondary N) is 1. The van der Waals surface area contributed by atoms with Gasteiger partial charge in [0.15, 0.2) is 0 Å². The van der Waals surface area contributed by atoms with Gasteiger partial charge in [-0.1, -0.05) is 18.6 Å². The summed E-state index contributed by atoms with van der Waals surface area (Å²) in [4.78, 5) is 12.1. The van der Waals surface area contributed by atoms with Crippen LogP contribution < -0.4 is 11.1 Å². The number of rotatable bonds is 3.